The van der Waals surface area contributed by atoms with Crippen LogP contribution >= 0.6 is 0 Å². The second-order valence-electron chi connectivity index (χ2n) is 6.56. The number of hydrogen-bond acceptors (Lipinski definition) is 11. The Hall–Kier alpha value is -1.34. The second-order valence-corrected chi connectivity index (χ2v) is 6.56. The highest BCUT2D eigenvalue weighted by Crippen LogP contribution is 2.21. The minimum Gasteiger partial charge on any atom is -0.466 e. The lowest BCUT2D eigenvalue weighted by Gasteiger charge is -2.27. The molecule has 0 saturated carbocycles. The van der Waals surface area contributed by atoms with Gasteiger partial charge in [-0.2, -0.15) is 0 Å². The van der Waals surface area contributed by atoms with Crippen molar-refractivity contribution in [2.75, 3.05) is 52.9 Å². The van der Waals surface area contributed by atoms with Gasteiger partial charge in [-0.05, 0) is 12.8 Å². The van der Waals surface area contributed by atoms with Crippen LogP contribution in [0.5, 0.6) is 0 Å². The van der Waals surface area contributed by atoms with Crippen LogP contribution in [0.4, 0.5) is 0 Å². The fourth-order valence-corrected chi connectivity index (χ4v) is 1.92. The van der Waals surface area contributed by atoms with Crippen LogP contribution in [0.3, 0.4) is 0 Å². The predicted molar refractivity (Wildman–Crippen MR) is 89.2 cm³/mol. The molecule has 1 unspecified atom stereocenters. The van der Waals surface area contributed by atoms with Gasteiger partial charge in [0, 0.05) is 10.8 Å². The van der Waals surface area contributed by atoms with Gasteiger partial charge in [-0.15, -0.1) is 0 Å². The lowest BCUT2D eigenvalue weighted by molar-refractivity contribution is -0.161. The van der Waals surface area contributed by atoms with E-state index in [2.05, 4.69) is 0 Å². The second kappa shape index (κ2) is 12.9. The Balaban J connectivity index is 4.26. The molecule has 0 aromatic rings. The molecule has 0 saturated heterocycles. The summed E-state index contributed by atoms with van der Waals surface area (Å²) in [6, 6.07) is 0. The minimum atomic E-state index is -1.79. The normalized spacial score (nSPS) is 13.3. The van der Waals surface area contributed by atoms with Crippen LogP contribution in [0.25, 0.3) is 0 Å². The van der Waals surface area contributed by atoms with Crippen molar-refractivity contribution in [3.8, 4) is 0 Å². The molecule has 0 bridgehead atoms. The molecule has 0 radical (unpaired) electrons. The maximum absolute atomic E-state index is 11.6. The van der Waals surface area contributed by atoms with Crippen molar-refractivity contribution < 1.29 is 54.8 Å². The van der Waals surface area contributed by atoms with Crippen molar-refractivity contribution in [3.63, 3.8) is 0 Å². The first-order valence-electron chi connectivity index (χ1n) is 8.43. The van der Waals surface area contributed by atoms with Crippen molar-refractivity contribution in [2.45, 2.75) is 25.4 Å². The third kappa shape index (κ3) is 8.47. The first kappa shape index (κ1) is 25.7. The number of carbonyl (C=O) groups is 2. The molecule has 0 spiro atoms. The molecule has 0 aliphatic heterocycles. The van der Waals surface area contributed by atoms with Gasteiger partial charge in [0.1, 0.15) is 0 Å². The molecule has 27 heavy (non-hydrogen) atoms. The molecule has 0 amide bonds. The van der Waals surface area contributed by atoms with E-state index in [1.807, 2.05) is 0 Å². The van der Waals surface area contributed by atoms with Crippen LogP contribution in [0.15, 0.2) is 0 Å². The summed E-state index contributed by atoms with van der Waals surface area (Å²) in [5.74, 6) is -2.03. The van der Waals surface area contributed by atoms with Crippen molar-refractivity contribution in [3.05, 3.63) is 0 Å². The van der Waals surface area contributed by atoms with E-state index < -0.39 is 74.9 Å². The molecule has 11 nitrogen and oxygen atoms in total. The molecule has 160 valence electrons. The summed E-state index contributed by atoms with van der Waals surface area (Å²) in [7, 11) is 0. The van der Waals surface area contributed by atoms with Crippen LogP contribution in [-0.2, 0) is 19.1 Å². The Morgan fingerprint density at radius 2 is 1.07 bits per heavy atom. The Morgan fingerprint density at radius 3 is 1.44 bits per heavy atom. The summed E-state index contributed by atoms with van der Waals surface area (Å²) in [6.07, 6.45) is -2.55. The largest absolute Gasteiger partial charge is 0.466 e. The molecule has 0 fully saturated rings. The van der Waals surface area contributed by atoms with E-state index in [0.29, 0.717) is 0 Å². The van der Waals surface area contributed by atoms with Gasteiger partial charge in [0.15, 0.2) is 6.10 Å². The molecule has 0 aromatic carbocycles. The van der Waals surface area contributed by atoms with Gasteiger partial charge in [-0.1, -0.05) is 0 Å². The van der Waals surface area contributed by atoms with Crippen LogP contribution in [0, 0.1) is 10.8 Å². The third-order valence-corrected chi connectivity index (χ3v) is 4.42. The molecule has 7 N–H and O–H groups in total. The highest BCUT2D eigenvalue weighted by atomic mass is 16.6. The maximum Gasteiger partial charge on any atom is 0.335 e. The van der Waals surface area contributed by atoms with Gasteiger partial charge >= 0.3 is 11.9 Å². The average molecular weight is 398 g/mol. The Labute approximate surface area is 156 Å². The molecule has 11 heteroatoms. The Morgan fingerprint density at radius 1 is 0.704 bits per heavy atom. The van der Waals surface area contributed by atoms with Crippen molar-refractivity contribution in [1.29, 1.82) is 0 Å². The highest BCUT2D eigenvalue weighted by molar-refractivity contribution is 5.81. The standard InChI is InChI=1S/C16H30O11/c17-6-15(7-18,8-19)1-3-26-13(24)5-12(23)14(25)27-4-2-16(9-20,10-21)11-22/h12,17-23H,1-11H2. The minimum absolute atomic E-state index is 0.0195. The van der Waals surface area contributed by atoms with Gasteiger partial charge in [0.2, 0.25) is 0 Å². The Bertz CT molecular complexity index is 416. The number of aliphatic hydroxyl groups is 7. The lowest BCUT2D eigenvalue weighted by Crippen LogP contribution is -2.36. The zero-order valence-electron chi connectivity index (χ0n) is 15.1. The Kier molecular flexibility index (Phi) is 12.3. The molecule has 0 aliphatic rings. The van der Waals surface area contributed by atoms with E-state index in [4.69, 9.17) is 40.1 Å². The maximum atomic E-state index is 11.6. The molecular weight excluding hydrogens is 368 g/mol. The SMILES string of the molecule is O=C(CC(O)C(=O)OCCC(CO)(CO)CO)OCCC(CO)(CO)CO. The summed E-state index contributed by atoms with van der Waals surface area (Å²) in [4.78, 5) is 23.2. The van der Waals surface area contributed by atoms with Crippen molar-refractivity contribution in [2.24, 2.45) is 10.8 Å². The number of carbonyl (C=O) groups excluding carboxylic acids is 2. The van der Waals surface area contributed by atoms with Gasteiger partial charge in [-0.25, -0.2) is 4.79 Å². The summed E-state index contributed by atoms with van der Waals surface area (Å²) in [5, 5.41) is 64.5. The molecular formula is C16H30O11. The zero-order chi connectivity index (χ0) is 20.9. The van der Waals surface area contributed by atoms with E-state index in [1.54, 1.807) is 0 Å². The molecule has 0 rings (SSSR count). The number of ether oxygens (including phenoxy) is 2. The number of hydrogen-bond donors (Lipinski definition) is 7. The number of rotatable bonds is 15. The fraction of sp³-hybridized carbons (Fsp3) is 0.875. The lowest BCUT2D eigenvalue weighted by atomic mass is 9.88. The van der Waals surface area contributed by atoms with E-state index in [0.717, 1.165) is 0 Å². The smallest absolute Gasteiger partial charge is 0.335 e. The zero-order valence-corrected chi connectivity index (χ0v) is 15.1. The number of aliphatic hydroxyl groups excluding tert-OH is 7. The first-order chi connectivity index (χ1) is 12.8. The van der Waals surface area contributed by atoms with E-state index in [9.17, 15) is 14.7 Å². The van der Waals surface area contributed by atoms with Gasteiger partial charge < -0.3 is 45.2 Å². The van der Waals surface area contributed by atoms with E-state index in [1.165, 1.54) is 0 Å². The van der Waals surface area contributed by atoms with Gasteiger partial charge in [0.25, 0.3) is 0 Å². The number of esters is 2. The quantitative estimate of drug-likeness (QED) is 0.135. The van der Waals surface area contributed by atoms with Crippen molar-refractivity contribution >= 4 is 11.9 Å². The van der Waals surface area contributed by atoms with Crippen molar-refractivity contribution in [1.82, 2.24) is 0 Å². The van der Waals surface area contributed by atoms with Crippen LogP contribution in [0.1, 0.15) is 19.3 Å². The predicted octanol–water partition coefficient (Wildman–Crippen LogP) is -3.47. The summed E-state index contributed by atoms with van der Waals surface area (Å²) in [6.45, 7) is -3.64. The van der Waals surface area contributed by atoms with E-state index in [-0.39, 0.29) is 26.1 Å². The third-order valence-electron chi connectivity index (χ3n) is 4.42. The van der Waals surface area contributed by atoms with Crippen LogP contribution in [0.2, 0.25) is 0 Å². The monoisotopic (exact) mass is 398 g/mol. The van der Waals surface area contributed by atoms with Gasteiger partial charge in [0.05, 0.1) is 59.3 Å². The van der Waals surface area contributed by atoms with Crippen LogP contribution < -0.4 is 0 Å². The highest BCUT2D eigenvalue weighted by Gasteiger charge is 2.30. The summed E-state index contributed by atoms with van der Waals surface area (Å²) < 4.78 is 9.54. The molecule has 1 atom stereocenters. The molecule has 0 aromatic heterocycles. The summed E-state index contributed by atoms with van der Waals surface area (Å²) >= 11 is 0. The molecule has 0 heterocycles. The summed E-state index contributed by atoms with van der Waals surface area (Å²) in [5.41, 5.74) is -2.42. The van der Waals surface area contributed by atoms with Crippen LogP contribution in [-0.4, -0.2) is 107 Å². The van der Waals surface area contributed by atoms with E-state index >= 15 is 0 Å². The molecule has 0 aliphatic carbocycles. The van der Waals surface area contributed by atoms with Gasteiger partial charge in [-0.3, -0.25) is 4.79 Å². The average Bonchev–Trinajstić information content (AvgIpc) is 2.69. The first-order valence-corrected chi connectivity index (χ1v) is 8.43. The topological polar surface area (TPSA) is 194 Å². The fourth-order valence-electron chi connectivity index (χ4n) is 1.92.